The first-order chi connectivity index (χ1) is 13.2. The number of nitrogens with one attached hydrogen (secondary N) is 1. The Hall–Kier alpha value is -2.68. The lowest BCUT2D eigenvalue weighted by Crippen LogP contribution is -2.31. The van der Waals surface area contributed by atoms with Gasteiger partial charge in [-0.1, -0.05) is 19.0 Å². The van der Waals surface area contributed by atoms with Gasteiger partial charge < -0.3 is 20.3 Å². The molecule has 1 atom stereocenters. The number of primary amides is 1. The highest BCUT2D eigenvalue weighted by Crippen LogP contribution is 2.39. The van der Waals surface area contributed by atoms with Gasteiger partial charge in [0.2, 0.25) is 0 Å². The lowest BCUT2D eigenvalue weighted by atomic mass is 10.1. The van der Waals surface area contributed by atoms with E-state index in [1.165, 1.54) is 18.3 Å². The fourth-order valence-electron chi connectivity index (χ4n) is 3.27. The standard InChI is InChI=1S/C19H23N3O5S/c1-8(2)15-13(9(3)22-27-15)19(25)26-10(4)17(24)21-18-14(16(20)23)11-6-5-7-12(11)28-18/h8,10H,5-7H2,1-4H3,(H2,20,23)(H,21,24)/t10-/m1/s1. The molecule has 0 saturated carbocycles. The van der Waals surface area contributed by atoms with Gasteiger partial charge in [-0.05, 0) is 38.7 Å². The number of carbonyl (C=O) groups excluding carboxylic acids is 3. The third-order valence-corrected chi connectivity index (χ3v) is 5.88. The summed E-state index contributed by atoms with van der Waals surface area (Å²) in [7, 11) is 0. The molecule has 0 spiro atoms. The highest BCUT2D eigenvalue weighted by Gasteiger charge is 2.30. The minimum Gasteiger partial charge on any atom is -0.449 e. The predicted octanol–water partition coefficient (Wildman–Crippen LogP) is 2.94. The molecule has 28 heavy (non-hydrogen) atoms. The molecule has 8 nitrogen and oxygen atoms in total. The molecule has 9 heteroatoms. The van der Waals surface area contributed by atoms with Crippen molar-refractivity contribution in [1.82, 2.24) is 5.16 Å². The van der Waals surface area contributed by atoms with Crippen LogP contribution in [0.4, 0.5) is 5.00 Å². The van der Waals surface area contributed by atoms with Crippen LogP contribution < -0.4 is 11.1 Å². The first-order valence-electron chi connectivity index (χ1n) is 9.13. The second-order valence-corrected chi connectivity index (χ2v) is 8.23. The summed E-state index contributed by atoms with van der Waals surface area (Å²) in [5.74, 6) is -1.41. The molecule has 2 heterocycles. The molecule has 3 rings (SSSR count). The van der Waals surface area contributed by atoms with Crippen LogP contribution in [0.15, 0.2) is 4.52 Å². The molecule has 2 amide bonds. The maximum absolute atomic E-state index is 12.6. The zero-order valence-corrected chi connectivity index (χ0v) is 17.1. The number of aromatic nitrogens is 1. The molecule has 0 aliphatic heterocycles. The highest BCUT2D eigenvalue weighted by molar-refractivity contribution is 7.17. The molecule has 0 radical (unpaired) electrons. The SMILES string of the molecule is Cc1noc(C(C)C)c1C(=O)O[C@H](C)C(=O)Nc1sc2c(c1C(N)=O)CCC2. The Morgan fingerprint density at radius 1 is 1.21 bits per heavy atom. The number of esters is 1. The molecule has 0 saturated heterocycles. The summed E-state index contributed by atoms with van der Waals surface area (Å²) in [4.78, 5) is 38.0. The number of amides is 2. The number of anilines is 1. The van der Waals surface area contributed by atoms with Gasteiger partial charge in [-0.15, -0.1) is 11.3 Å². The van der Waals surface area contributed by atoms with Crippen molar-refractivity contribution in [3.8, 4) is 0 Å². The summed E-state index contributed by atoms with van der Waals surface area (Å²) in [6.07, 6.45) is 1.54. The number of fused-ring (bicyclic) bond motifs is 1. The van der Waals surface area contributed by atoms with Gasteiger partial charge in [-0.25, -0.2) is 4.79 Å². The number of nitrogens with zero attached hydrogens (tertiary/aromatic N) is 1. The second kappa shape index (κ2) is 7.75. The van der Waals surface area contributed by atoms with E-state index in [1.54, 1.807) is 6.92 Å². The van der Waals surface area contributed by atoms with Gasteiger partial charge >= 0.3 is 5.97 Å². The van der Waals surface area contributed by atoms with E-state index in [2.05, 4.69) is 10.5 Å². The minimum absolute atomic E-state index is 0.0560. The molecule has 2 aromatic rings. The normalized spacial score (nSPS) is 14.0. The third-order valence-electron chi connectivity index (χ3n) is 4.68. The Labute approximate surface area is 166 Å². The van der Waals surface area contributed by atoms with Crippen LogP contribution >= 0.6 is 11.3 Å². The Kier molecular flexibility index (Phi) is 5.55. The number of nitrogens with two attached hydrogens (primary N) is 1. The zero-order valence-electron chi connectivity index (χ0n) is 16.3. The Morgan fingerprint density at radius 2 is 1.93 bits per heavy atom. The molecular weight excluding hydrogens is 382 g/mol. The molecule has 0 aromatic carbocycles. The second-order valence-electron chi connectivity index (χ2n) is 7.12. The van der Waals surface area contributed by atoms with Crippen molar-refractivity contribution in [3.05, 3.63) is 33.0 Å². The molecule has 0 fully saturated rings. The van der Waals surface area contributed by atoms with E-state index < -0.39 is 23.9 Å². The predicted molar refractivity (Wildman–Crippen MR) is 104 cm³/mol. The van der Waals surface area contributed by atoms with Crippen molar-refractivity contribution in [2.45, 2.75) is 59.0 Å². The largest absolute Gasteiger partial charge is 0.449 e. The Morgan fingerprint density at radius 3 is 2.57 bits per heavy atom. The maximum atomic E-state index is 12.6. The van der Waals surface area contributed by atoms with Crippen molar-refractivity contribution in [3.63, 3.8) is 0 Å². The van der Waals surface area contributed by atoms with E-state index in [-0.39, 0.29) is 11.5 Å². The summed E-state index contributed by atoms with van der Waals surface area (Å²) < 4.78 is 10.5. The van der Waals surface area contributed by atoms with Crippen LogP contribution in [0.2, 0.25) is 0 Å². The average molecular weight is 405 g/mol. The number of carbonyl (C=O) groups is 3. The first-order valence-corrected chi connectivity index (χ1v) is 9.94. The quantitative estimate of drug-likeness (QED) is 0.712. The van der Waals surface area contributed by atoms with Gasteiger partial charge in [0.1, 0.15) is 10.6 Å². The van der Waals surface area contributed by atoms with Crippen LogP contribution in [-0.2, 0) is 22.4 Å². The smallest absolute Gasteiger partial charge is 0.344 e. The van der Waals surface area contributed by atoms with Gasteiger partial charge in [0.05, 0.1) is 11.3 Å². The Bertz CT molecular complexity index is 944. The summed E-state index contributed by atoms with van der Waals surface area (Å²) >= 11 is 1.35. The molecule has 1 aliphatic rings. The van der Waals surface area contributed by atoms with E-state index in [0.29, 0.717) is 22.0 Å². The van der Waals surface area contributed by atoms with Gasteiger partial charge in [0.25, 0.3) is 11.8 Å². The van der Waals surface area contributed by atoms with Crippen molar-refractivity contribution in [2.24, 2.45) is 5.73 Å². The fourth-order valence-corrected chi connectivity index (χ4v) is 4.57. The van der Waals surface area contributed by atoms with Crippen molar-refractivity contribution in [1.29, 1.82) is 0 Å². The Balaban J connectivity index is 1.74. The number of aryl methyl sites for hydroxylation is 2. The van der Waals surface area contributed by atoms with Crippen molar-refractivity contribution >= 4 is 34.1 Å². The van der Waals surface area contributed by atoms with Crippen LogP contribution in [0.5, 0.6) is 0 Å². The molecule has 0 unspecified atom stereocenters. The molecule has 150 valence electrons. The summed E-state index contributed by atoms with van der Waals surface area (Å²) in [5, 5.41) is 6.91. The van der Waals surface area contributed by atoms with Crippen molar-refractivity contribution in [2.75, 3.05) is 5.32 Å². The molecule has 1 aliphatic carbocycles. The number of hydrogen-bond acceptors (Lipinski definition) is 7. The van der Waals surface area contributed by atoms with Crippen molar-refractivity contribution < 1.29 is 23.6 Å². The van der Waals surface area contributed by atoms with Crippen LogP contribution in [0, 0.1) is 6.92 Å². The monoisotopic (exact) mass is 405 g/mol. The van der Waals surface area contributed by atoms with E-state index >= 15 is 0 Å². The van der Waals surface area contributed by atoms with Crippen LogP contribution in [-0.4, -0.2) is 29.0 Å². The number of thiophene rings is 1. The average Bonchev–Trinajstić information content (AvgIpc) is 3.27. The van der Waals surface area contributed by atoms with E-state index in [1.807, 2.05) is 13.8 Å². The summed E-state index contributed by atoms with van der Waals surface area (Å²) in [5.41, 5.74) is 7.43. The van der Waals surface area contributed by atoms with E-state index in [9.17, 15) is 14.4 Å². The third kappa shape index (κ3) is 3.66. The molecular formula is C19H23N3O5S. The van der Waals surface area contributed by atoms with Gasteiger partial charge in [0.15, 0.2) is 11.9 Å². The van der Waals surface area contributed by atoms with Crippen LogP contribution in [0.25, 0.3) is 0 Å². The molecule has 3 N–H and O–H groups in total. The van der Waals surface area contributed by atoms with E-state index in [4.69, 9.17) is 15.0 Å². The number of ether oxygens (including phenoxy) is 1. The first kappa shape index (κ1) is 20.1. The summed E-state index contributed by atoms with van der Waals surface area (Å²) in [6, 6.07) is 0. The van der Waals surface area contributed by atoms with E-state index in [0.717, 1.165) is 29.7 Å². The van der Waals surface area contributed by atoms with Gasteiger partial charge in [0, 0.05) is 10.8 Å². The minimum atomic E-state index is -1.07. The topological polar surface area (TPSA) is 125 Å². The lowest BCUT2D eigenvalue weighted by Gasteiger charge is -2.14. The van der Waals surface area contributed by atoms with Gasteiger partial charge in [-0.2, -0.15) is 0 Å². The summed E-state index contributed by atoms with van der Waals surface area (Å²) in [6.45, 7) is 6.85. The van der Waals surface area contributed by atoms with Crippen LogP contribution in [0.3, 0.4) is 0 Å². The van der Waals surface area contributed by atoms with Gasteiger partial charge in [-0.3, -0.25) is 9.59 Å². The number of hydrogen-bond donors (Lipinski definition) is 2. The highest BCUT2D eigenvalue weighted by atomic mass is 32.1. The fraction of sp³-hybridized carbons (Fsp3) is 0.474. The lowest BCUT2D eigenvalue weighted by molar-refractivity contribution is -0.123. The maximum Gasteiger partial charge on any atom is 0.344 e. The molecule has 2 aromatic heterocycles. The van der Waals surface area contributed by atoms with Crippen LogP contribution in [0.1, 0.15) is 75.7 Å². The molecule has 0 bridgehead atoms. The number of rotatable bonds is 6. The zero-order chi connectivity index (χ0) is 20.6.